The summed E-state index contributed by atoms with van der Waals surface area (Å²) in [6.45, 7) is 9.87. The lowest BCUT2D eigenvalue weighted by atomic mass is 9.97. The minimum Gasteiger partial charge on any atom is -0.496 e. The minimum atomic E-state index is 0.0691. The number of nitrogens with one attached hydrogen (secondary N) is 1. The van der Waals surface area contributed by atoms with E-state index in [1.54, 1.807) is 7.11 Å². The minimum absolute atomic E-state index is 0.0691. The largest absolute Gasteiger partial charge is 0.496 e. The molecule has 0 aromatic heterocycles. The Morgan fingerprint density at radius 1 is 1.26 bits per heavy atom. The van der Waals surface area contributed by atoms with Gasteiger partial charge in [0.15, 0.2) is 0 Å². The van der Waals surface area contributed by atoms with Gasteiger partial charge in [-0.25, -0.2) is 0 Å². The topological polar surface area (TPSA) is 45.0 Å². The molecule has 1 aromatic rings. The predicted molar refractivity (Wildman–Crippen MR) is 78.1 cm³/mol. The quantitative estimate of drug-likeness (QED) is 0.854. The molecule has 1 rings (SSSR count). The van der Waals surface area contributed by atoms with E-state index in [2.05, 4.69) is 45.1 Å². The van der Waals surface area contributed by atoms with Gasteiger partial charge in [-0.1, -0.05) is 19.9 Å². The average Bonchev–Trinajstić information content (AvgIpc) is 2.39. The molecule has 0 fully saturated rings. The first kappa shape index (κ1) is 15.5. The summed E-state index contributed by atoms with van der Waals surface area (Å²) in [5.74, 6) is 1.38. The number of ether oxygens (including phenoxy) is 1. The normalized spacial score (nSPS) is 12.3. The molecular weight excluding hydrogens is 236 g/mol. The fraction of sp³-hybridized carbons (Fsp3) is 0.562. The molecule has 1 atom stereocenters. The molecular formula is C16H24N2O. The molecule has 0 aliphatic rings. The van der Waals surface area contributed by atoms with E-state index < -0.39 is 0 Å². The second kappa shape index (κ2) is 7.16. The molecule has 0 aliphatic carbocycles. The summed E-state index contributed by atoms with van der Waals surface area (Å²) in [5, 5.41) is 12.4. The number of rotatable bonds is 6. The molecule has 3 heteroatoms. The van der Waals surface area contributed by atoms with E-state index in [1.807, 2.05) is 6.07 Å². The van der Waals surface area contributed by atoms with Gasteiger partial charge in [-0.2, -0.15) is 5.26 Å². The monoisotopic (exact) mass is 260 g/mol. The van der Waals surface area contributed by atoms with Gasteiger partial charge in [0, 0.05) is 13.1 Å². The van der Waals surface area contributed by atoms with E-state index in [0.717, 1.165) is 18.8 Å². The lowest BCUT2D eigenvalue weighted by molar-refractivity contribution is 0.410. The Kier molecular flexibility index (Phi) is 5.85. The molecule has 1 unspecified atom stereocenters. The molecule has 0 saturated carbocycles. The highest BCUT2D eigenvalue weighted by atomic mass is 16.5. The third-order valence-electron chi connectivity index (χ3n) is 3.72. The van der Waals surface area contributed by atoms with Crippen LogP contribution in [0, 0.1) is 37.0 Å². The van der Waals surface area contributed by atoms with Crippen LogP contribution >= 0.6 is 0 Å². The third-order valence-corrected chi connectivity index (χ3v) is 3.72. The zero-order chi connectivity index (χ0) is 14.4. The van der Waals surface area contributed by atoms with Crippen molar-refractivity contribution in [2.45, 2.75) is 34.2 Å². The lowest BCUT2D eigenvalue weighted by Crippen LogP contribution is -2.25. The van der Waals surface area contributed by atoms with Crippen LogP contribution in [-0.2, 0) is 6.54 Å². The van der Waals surface area contributed by atoms with E-state index >= 15 is 0 Å². The Hall–Kier alpha value is -1.53. The summed E-state index contributed by atoms with van der Waals surface area (Å²) in [4.78, 5) is 0. The molecule has 0 heterocycles. The van der Waals surface area contributed by atoms with Crippen LogP contribution in [0.1, 0.15) is 30.5 Å². The molecule has 1 N–H and O–H groups in total. The third kappa shape index (κ3) is 3.97. The van der Waals surface area contributed by atoms with Gasteiger partial charge in [-0.3, -0.25) is 0 Å². The van der Waals surface area contributed by atoms with E-state index in [-0.39, 0.29) is 5.92 Å². The van der Waals surface area contributed by atoms with Crippen molar-refractivity contribution in [3.63, 3.8) is 0 Å². The van der Waals surface area contributed by atoms with Crippen LogP contribution < -0.4 is 10.1 Å². The highest BCUT2D eigenvalue weighted by molar-refractivity contribution is 5.43. The molecule has 104 valence electrons. The van der Waals surface area contributed by atoms with Crippen molar-refractivity contribution >= 4 is 0 Å². The van der Waals surface area contributed by atoms with Gasteiger partial charge in [-0.15, -0.1) is 0 Å². The van der Waals surface area contributed by atoms with Gasteiger partial charge < -0.3 is 10.1 Å². The number of nitrogens with zero attached hydrogens (tertiary/aromatic N) is 1. The first-order chi connectivity index (χ1) is 9.01. The van der Waals surface area contributed by atoms with Crippen molar-refractivity contribution in [1.29, 1.82) is 5.26 Å². The van der Waals surface area contributed by atoms with Crippen molar-refractivity contribution < 1.29 is 4.74 Å². The maximum atomic E-state index is 9.05. The van der Waals surface area contributed by atoms with Crippen LogP contribution in [0.4, 0.5) is 0 Å². The van der Waals surface area contributed by atoms with Crippen LogP contribution in [0.25, 0.3) is 0 Å². The predicted octanol–water partition coefficient (Wildman–Crippen LogP) is 3.20. The second-order valence-corrected chi connectivity index (χ2v) is 5.29. The molecule has 0 amide bonds. The summed E-state index contributed by atoms with van der Waals surface area (Å²) >= 11 is 0. The average molecular weight is 260 g/mol. The van der Waals surface area contributed by atoms with Crippen molar-refractivity contribution in [1.82, 2.24) is 5.32 Å². The Balaban J connectivity index is 2.64. The van der Waals surface area contributed by atoms with E-state index in [0.29, 0.717) is 5.92 Å². The Labute approximate surface area is 116 Å². The van der Waals surface area contributed by atoms with Crippen LogP contribution in [0.5, 0.6) is 5.75 Å². The van der Waals surface area contributed by atoms with Crippen molar-refractivity contribution in [2.24, 2.45) is 11.8 Å². The fourth-order valence-electron chi connectivity index (χ4n) is 2.06. The highest BCUT2D eigenvalue weighted by Gasteiger charge is 2.12. The van der Waals surface area contributed by atoms with Crippen molar-refractivity contribution in [2.75, 3.05) is 13.7 Å². The summed E-state index contributed by atoms with van der Waals surface area (Å²) in [7, 11) is 1.69. The standard InChI is InChI=1S/C16H24N2O/c1-11(2)15(8-17)10-18-9-14-6-7-16(19-5)13(4)12(14)3/h6-7,11,15,18H,9-10H2,1-5H3. The first-order valence-electron chi connectivity index (χ1n) is 6.74. The highest BCUT2D eigenvalue weighted by Crippen LogP contribution is 2.23. The Morgan fingerprint density at radius 2 is 1.95 bits per heavy atom. The van der Waals surface area contributed by atoms with Gasteiger partial charge in [0.1, 0.15) is 5.75 Å². The summed E-state index contributed by atoms with van der Waals surface area (Å²) in [5.41, 5.74) is 3.70. The fourth-order valence-corrected chi connectivity index (χ4v) is 2.06. The Morgan fingerprint density at radius 3 is 2.47 bits per heavy atom. The van der Waals surface area contributed by atoms with Crippen molar-refractivity contribution in [3.8, 4) is 11.8 Å². The smallest absolute Gasteiger partial charge is 0.122 e. The van der Waals surface area contributed by atoms with Crippen LogP contribution in [-0.4, -0.2) is 13.7 Å². The number of methoxy groups -OCH3 is 1. The molecule has 1 aromatic carbocycles. The molecule has 0 bridgehead atoms. The maximum absolute atomic E-state index is 9.05. The lowest BCUT2D eigenvalue weighted by Gasteiger charge is -2.16. The van der Waals surface area contributed by atoms with Crippen LogP contribution in [0.15, 0.2) is 12.1 Å². The first-order valence-corrected chi connectivity index (χ1v) is 6.74. The van der Waals surface area contributed by atoms with Gasteiger partial charge in [0.25, 0.3) is 0 Å². The summed E-state index contributed by atoms with van der Waals surface area (Å²) in [6, 6.07) is 6.44. The van der Waals surface area contributed by atoms with E-state index in [1.165, 1.54) is 16.7 Å². The van der Waals surface area contributed by atoms with Gasteiger partial charge >= 0.3 is 0 Å². The Bertz CT molecular complexity index is 461. The van der Waals surface area contributed by atoms with Crippen LogP contribution in [0.3, 0.4) is 0 Å². The van der Waals surface area contributed by atoms with Gasteiger partial charge in [0.05, 0.1) is 19.1 Å². The number of benzene rings is 1. The summed E-state index contributed by atoms with van der Waals surface area (Å²) < 4.78 is 5.31. The molecule has 0 saturated heterocycles. The van der Waals surface area contributed by atoms with E-state index in [4.69, 9.17) is 10.00 Å². The van der Waals surface area contributed by atoms with Gasteiger partial charge in [0.2, 0.25) is 0 Å². The molecule has 0 radical (unpaired) electrons. The molecule has 19 heavy (non-hydrogen) atoms. The van der Waals surface area contributed by atoms with Crippen molar-refractivity contribution in [3.05, 3.63) is 28.8 Å². The summed E-state index contributed by atoms with van der Waals surface area (Å²) in [6.07, 6.45) is 0. The zero-order valence-corrected chi connectivity index (χ0v) is 12.6. The van der Waals surface area contributed by atoms with Crippen LogP contribution in [0.2, 0.25) is 0 Å². The zero-order valence-electron chi connectivity index (χ0n) is 12.6. The number of nitriles is 1. The van der Waals surface area contributed by atoms with E-state index in [9.17, 15) is 0 Å². The van der Waals surface area contributed by atoms with Gasteiger partial charge in [-0.05, 0) is 42.5 Å². The molecule has 0 spiro atoms. The second-order valence-electron chi connectivity index (χ2n) is 5.29. The SMILES string of the molecule is COc1ccc(CNCC(C#N)C(C)C)c(C)c1C. The number of hydrogen-bond donors (Lipinski definition) is 1. The molecule has 0 aliphatic heterocycles. The number of hydrogen-bond acceptors (Lipinski definition) is 3. The molecule has 3 nitrogen and oxygen atoms in total. The maximum Gasteiger partial charge on any atom is 0.122 e.